The second-order valence-corrected chi connectivity index (χ2v) is 7.23. The summed E-state index contributed by atoms with van der Waals surface area (Å²) in [6.07, 6.45) is -3.23. The molecule has 1 aliphatic carbocycles. The molecule has 1 saturated heterocycles. The lowest BCUT2D eigenvalue weighted by Gasteiger charge is -2.32. The fourth-order valence-corrected chi connectivity index (χ4v) is 2.80. The van der Waals surface area contributed by atoms with Crippen molar-refractivity contribution in [1.82, 2.24) is 5.32 Å². The van der Waals surface area contributed by atoms with Crippen molar-refractivity contribution in [3.05, 3.63) is 11.3 Å². The summed E-state index contributed by atoms with van der Waals surface area (Å²) < 4.78 is 63.5. The van der Waals surface area contributed by atoms with Gasteiger partial charge in [0.05, 0.1) is 17.2 Å². The first-order chi connectivity index (χ1) is 10.8. The molecule has 2 rings (SSSR count). The normalized spacial score (nSPS) is 28.7. The molecule has 1 saturated carbocycles. The summed E-state index contributed by atoms with van der Waals surface area (Å²) in [5.74, 6) is -2.06. The van der Waals surface area contributed by atoms with Crippen molar-refractivity contribution >= 4 is 13.0 Å². The summed E-state index contributed by atoms with van der Waals surface area (Å²) in [7, 11) is -1.27. The van der Waals surface area contributed by atoms with Crippen LogP contribution in [0.1, 0.15) is 53.4 Å². The lowest BCUT2D eigenvalue weighted by atomic mass is 9.78. The average molecular weight is 351 g/mol. The molecular formula is C15H22BF4NO3. The molecule has 0 spiro atoms. The smallest absolute Gasteiger partial charge is 0.398 e. The molecule has 136 valence electrons. The minimum Gasteiger partial charge on any atom is -0.398 e. The maximum absolute atomic E-state index is 14.9. The Kier molecular flexibility index (Phi) is 5.08. The van der Waals surface area contributed by atoms with Crippen molar-refractivity contribution in [2.45, 2.75) is 76.8 Å². The number of hydrogen-bond acceptors (Lipinski definition) is 3. The SMILES string of the molecule is CC1(C)OB(C(F)=C2CCCCC2NC(=O)C(F)(F)F)OC1(C)C. The summed E-state index contributed by atoms with van der Waals surface area (Å²) in [4.78, 5) is 11.2. The van der Waals surface area contributed by atoms with Gasteiger partial charge in [-0.25, -0.2) is 4.39 Å². The number of halogens is 4. The second kappa shape index (κ2) is 6.33. The number of rotatable bonds is 2. The summed E-state index contributed by atoms with van der Waals surface area (Å²) in [6.45, 7) is 7.03. The minimum atomic E-state index is -5.00. The number of amides is 1. The molecule has 24 heavy (non-hydrogen) atoms. The van der Waals surface area contributed by atoms with E-state index in [1.807, 2.05) is 5.32 Å². The molecule has 0 bridgehead atoms. The summed E-state index contributed by atoms with van der Waals surface area (Å²) in [6, 6.07) is -0.994. The Labute approximate surface area is 139 Å². The summed E-state index contributed by atoms with van der Waals surface area (Å²) in [5.41, 5.74) is -2.12. The highest BCUT2D eigenvalue weighted by molar-refractivity contribution is 6.53. The molecule has 0 aromatic carbocycles. The van der Waals surface area contributed by atoms with E-state index in [0.29, 0.717) is 12.8 Å². The van der Waals surface area contributed by atoms with Crippen molar-refractivity contribution in [2.75, 3.05) is 0 Å². The van der Waals surface area contributed by atoms with Gasteiger partial charge in [0.25, 0.3) is 0 Å². The molecule has 1 heterocycles. The lowest BCUT2D eigenvalue weighted by molar-refractivity contribution is -0.174. The Balaban J connectivity index is 2.22. The highest BCUT2D eigenvalue weighted by Crippen LogP contribution is 2.40. The van der Waals surface area contributed by atoms with Crippen LogP contribution in [0.3, 0.4) is 0 Å². The van der Waals surface area contributed by atoms with E-state index >= 15 is 0 Å². The minimum absolute atomic E-state index is 0.123. The molecule has 1 amide bonds. The van der Waals surface area contributed by atoms with E-state index in [1.165, 1.54) is 0 Å². The first-order valence-corrected chi connectivity index (χ1v) is 7.97. The van der Waals surface area contributed by atoms with Gasteiger partial charge in [-0.05, 0) is 52.5 Å². The van der Waals surface area contributed by atoms with Gasteiger partial charge in [0, 0.05) is 0 Å². The van der Waals surface area contributed by atoms with Crippen LogP contribution in [0, 0.1) is 0 Å². The standard InChI is InChI=1S/C15H22BF4NO3/c1-13(2)14(3,4)24-16(23-13)11(17)9-7-5-6-8-10(9)21-12(22)15(18,19)20/h10H,5-8H2,1-4H3,(H,21,22). The molecule has 0 aromatic heterocycles. The van der Waals surface area contributed by atoms with Crippen molar-refractivity contribution < 1.29 is 31.7 Å². The van der Waals surface area contributed by atoms with E-state index in [0.717, 1.165) is 0 Å². The predicted octanol–water partition coefficient (Wildman–Crippen LogP) is 3.46. The number of carbonyl (C=O) groups excluding carboxylic acids is 1. The van der Waals surface area contributed by atoms with Crippen LogP contribution in [-0.2, 0) is 14.1 Å². The van der Waals surface area contributed by atoms with Gasteiger partial charge in [-0.1, -0.05) is 6.42 Å². The van der Waals surface area contributed by atoms with Gasteiger partial charge in [-0.2, -0.15) is 13.2 Å². The zero-order valence-corrected chi connectivity index (χ0v) is 14.2. The van der Waals surface area contributed by atoms with Crippen molar-refractivity contribution in [2.24, 2.45) is 0 Å². The van der Waals surface area contributed by atoms with Crippen LogP contribution >= 0.6 is 0 Å². The largest absolute Gasteiger partial charge is 0.525 e. The monoisotopic (exact) mass is 351 g/mol. The Bertz CT molecular complexity index is 529. The quantitative estimate of drug-likeness (QED) is 0.612. The Morgan fingerprint density at radius 1 is 1.17 bits per heavy atom. The van der Waals surface area contributed by atoms with Gasteiger partial charge in [-0.3, -0.25) is 4.79 Å². The molecule has 2 aliphatic rings. The summed E-state index contributed by atoms with van der Waals surface area (Å²) in [5, 5.41) is 1.88. The average Bonchev–Trinajstić information content (AvgIpc) is 2.66. The first kappa shape index (κ1) is 19.2. The van der Waals surface area contributed by atoms with Crippen molar-refractivity contribution in [1.29, 1.82) is 0 Å². The Morgan fingerprint density at radius 2 is 1.71 bits per heavy atom. The molecule has 1 aliphatic heterocycles. The van der Waals surface area contributed by atoms with E-state index in [2.05, 4.69) is 0 Å². The Hall–Kier alpha value is -1.09. The van der Waals surface area contributed by atoms with E-state index in [1.54, 1.807) is 27.7 Å². The van der Waals surface area contributed by atoms with Gasteiger partial charge >= 0.3 is 19.2 Å². The van der Waals surface area contributed by atoms with Gasteiger partial charge in [0.15, 0.2) is 0 Å². The number of nitrogens with one attached hydrogen (secondary N) is 1. The Morgan fingerprint density at radius 3 is 2.21 bits per heavy atom. The van der Waals surface area contributed by atoms with E-state index in [9.17, 15) is 22.4 Å². The van der Waals surface area contributed by atoms with Crippen LogP contribution in [0.25, 0.3) is 0 Å². The van der Waals surface area contributed by atoms with Crippen LogP contribution in [0.5, 0.6) is 0 Å². The fourth-order valence-electron chi connectivity index (χ4n) is 2.80. The van der Waals surface area contributed by atoms with Crippen LogP contribution in [-0.4, -0.2) is 36.4 Å². The van der Waals surface area contributed by atoms with Crippen LogP contribution in [0.4, 0.5) is 17.6 Å². The van der Waals surface area contributed by atoms with Gasteiger partial charge in [-0.15, -0.1) is 0 Å². The van der Waals surface area contributed by atoms with Crippen LogP contribution in [0.2, 0.25) is 0 Å². The van der Waals surface area contributed by atoms with Gasteiger partial charge in [0.1, 0.15) is 5.73 Å². The van der Waals surface area contributed by atoms with Crippen LogP contribution in [0.15, 0.2) is 11.3 Å². The topological polar surface area (TPSA) is 47.6 Å². The maximum Gasteiger partial charge on any atom is 0.525 e. The van der Waals surface area contributed by atoms with E-state index in [-0.39, 0.29) is 18.4 Å². The molecule has 1 N–H and O–H groups in total. The third-order valence-corrected chi connectivity index (χ3v) is 4.94. The van der Waals surface area contributed by atoms with E-state index in [4.69, 9.17) is 9.31 Å². The molecule has 0 aromatic rings. The molecule has 2 fully saturated rings. The molecule has 0 radical (unpaired) electrons. The number of hydrogen-bond donors (Lipinski definition) is 1. The third-order valence-electron chi connectivity index (χ3n) is 4.94. The molecule has 9 heteroatoms. The highest BCUT2D eigenvalue weighted by Gasteiger charge is 2.54. The molecule has 1 atom stereocenters. The van der Waals surface area contributed by atoms with E-state index < -0.39 is 42.2 Å². The van der Waals surface area contributed by atoms with Gasteiger partial charge in [0.2, 0.25) is 0 Å². The highest BCUT2D eigenvalue weighted by atomic mass is 19.4. The first-order valence-electron chi connectivity index (χ1n) is 7.97. The number of alkyl halides is 3. The lowest BCUT2D eigenvalue weighted by Crippen LogP contribution is -2.45. The number of carbonyl (C=O) groups is 1. The zero-order chi connectivity index (χ0) is 18.3. The summed E-state index contributed by atoms with van der Waals surface area (Å²) >= 11 is 0. The maximum atomic E-state index is 14.9. The van der Waals surface area contributed by atoms with Crippen molar-refractivity contribution in [3.63, 3.8) is 0 Å². The predicted molar refractivity (Wildman–Crippen MR) is 80.7 cm³/mol. The second-order valence-electron chi connectivity index (χ2n) is 7.23. The molecule has 1 unspecified atom stereocenters. The zero-order valence-electron chi connectivity index (χ0n) is 14.2. The third kappa shape index (κ3) is 3.77. The fraction of sp³-hybridized carbons (Fsp3) is 0.800. The van der Waals surface area contributed by atoms with Gasteiger partial charge < -0.3 is 14.6 Å². The molecule has 4 nitrogen and oxygen atoms in total. The molecular weight excluding hydrogens is 329 g/mol. The van der Waals surface area contributed by atoms with Crippen LogP contribution < -0.4 is 5.32 Å². The van der Waals surface area contributed by atoms with Crippen molar-refractivity contribution in [3.8, 4) is 0 Å².